The average molecular weight is 366 g/mol. The number of hydrogen-bond donors (Lipinski definition) is 0. The van der Waals surface area contributed by atoms with E-state index in [1.54, 1.807) is 4.68 Å². The quantitative estimate of drug-likeness (QED) is 0.654. The van der Waals surface area contributed by atoms with Gasteiger partial charge in [-0.25, -0.2) is 4.68 Å². The largest absolute Gasteiger partial charge is 0.409 e. The molecule has 2 aromatic carbocycles. The molecule has 6 heteroatoms. The Labute approximate surface area is 158 Å². The van der Waals surface area contributed by atoms with E-state index < -0.39 is 0 Å². The molecular formula is C20H22N4OS. The molecule has 134 valence electrons. The third-order valence-corrected chi connectivity index (χ3v) is 5.03. The number of hydrogen-bond acceptors (Lipinski definition) is 5. The molecule has 26 heavy (non-hydrogen) atoms. The summed E-state index contributed by atoms with van der Waals surface area (Å²) in [5.41, 5.74) is 3.45. The molecule has 4 rings (SSSR count). The number of aryl methyl sites for hydroxylation is 1. The molecule has 1 fully saturated rings. The summed E-state index contributed by atoms with van der Waals surface area (Å²) < 4.78 is 7.48. The maximum atomic E-state index is 5.70. The van der Waals surface area contributed by atoms with Crippen molar-refractivity contribution in [3.8, 4) is 11.5 Å². The van der Waals surface area contributed by atoms with Crippen molar-refractivity contribution in [1.29, 1.82) is 0 Å². The van der Waals surface area contributed by atoms with Gasteiger partial charge in [0.2, 0.25) is 5.89 Å². The number of piperazine rings is 1. The van der Waals surface area contributed by atoms with Gasteiger partial charge in [-0.1, -0.05) is 35.9 Å². The summed E-state index contributed by atoms with van der Waals surface area (Å²) in [5, 5.41) is 4.57. The Morgan fingerprint density at radius 3 is 2.35 bits per heavy atom. The Hall–Kier alpha value is -2.44. The SMILES string of the molecule is Cc1ccc(-c2nn(CN3CCN(c4ccccc4)CC3)c(=S)o2)cc1. The molecular weight excluding hydrogens is 344 g/mol. The minimum absolute atomic E-state index is 0.422. The predicted octanol–water partition coefficient (Wildman–Crippen LogP) is 3.96. The lowest BCUT2D eigenvalue weighted by Crippen LogP contribution is -2.46. The second-order valence-corrected chi connectivity index (χ2v) is 6.97. The van der Waals surface area contributed by atoms with E-state index in [0.29, 0.717) is 17.4 Å². The Morgan fingerprint density at radius 1 is 0.962 bits per heavy atom. The summed E-state index contributed by atoms with van der Waals surface area (Å²) in [6.07, 6.45) is 0. The first-order valence-electron chi connectivity index (χ1n) is 8.86. The van der Waals surface area contributed by atoms with E-state index >= 15 is 0 Å². The summed E-state index contributed by atoms with van der Waals surface area (Å²) in [6, 6.07) is 18.7. The van der Waals surface area contributed by atoms with Crippen LogP contribution in [0.4, 0.5) is 5.69 Å². The van der Waals surface area contributed by atoms with E-state index in [1.165, 1.54) is 11.3 Å². The Kier molecular flexibility index (Phi) is 4.86. The normalized spacial score (nSPS) is 15.3. The lowest BCUT2D eigenvalue weighted by atomic mass is 10.1. The van der Waals surface area contributed by atoms with Crippen LogP contribution in [0.1, 0.15) is 5.56 Å². The lowest BCUT2D eigenvalue weighted by molar-refractivity contribution is 0.192. The molecule has 0 bridgehead atoms. The molecule has 0 unspecified atom stereocenters. The minimum atomic E-state index is 0.422. The smallest absolute Gasteiger partial charge is 0.288 e. The summed E-state index contributed by atoms with van der Waals surface area (Å²) in [5.74, 6) is 0.581. The van der Waals surface area contributed by atoms with Crippen LogP contribution in [0.3, 0.4) is 0 Å². The van der Waals surface area contributed by atoms with Gasteiger partial charge in [0, 0.05) is 37.4 Å². The van der Waals surface area contributed by atoms with E-state index in [2.05, 4.69) is 64.3 Å². The van der Waals surface area contributed by atoms with E-state index in [-0.39, 0.29) is 0 Å². The Bertz CT molecular complexity index is 909. The molecule has 3 aromatic rings. The third-order valence-electron chi connectivity index (χ3n) is 4.73. The zero-order valence-electron chi connectivity index (χ0n) is 14.8. The highest BCUT2D eigenvalue weighted by molar-refractivity contribution is 7.71. The molecule has 0 N–H and O–H groups in total. The molecule has 1 saturated heterocycles. The van der Waals surface area contributed by atoms with Crippen molar-refractivity contribution in [2.75, 3.05) is 31.1 Å². The fourth-order valence-electron chi connectivity index (χ4n) is 3.18. The van der Waals surface area contributed by atoms with E-state index in [9.17, 15) is 0 Å². The van der Waals surface area contributed by atoms with Gasteiger partial charge >= 0.3 is 0 Å². The maximum absolute atomic E-state index is 5.70. The average Bonchev–Trinajstić information content (AvgIpc) is 3.04. The van der Waals surface area contributed by atoms with Gasteiger partial charge in [-0.3, -0.25) is 4.90 Å². The zero-order valence-corrected chi connectivity index (χ0v) is 15.7. The van der Waals surface area contributed by atoms with Crippen LogP contribution in [0, 0.1) is 11.8 Å². The van der Waals surface area contributed by atoms with Crippen LogP contribution in [-0.2, 0) is 6.67 Å². The predicted molar refractivity (Wildman–Crippen MR) is 106 cm³/mol. The van der Waals surface area contributed by atoms with Crippen LogP contribution < -0.4 is 4.90 Å². The van der Waals surface area contributed by atoms with Crippen LogP contribution in [0.5, 0.6) is 0 Å². The number of anilines is 1. The van der Waals surface area contributed by atoms with Gasteiger partial charge < -0.3 is 9.32 Å². The molecule has 0 saturated carbocycles. The Balaban J connectivity index is 1.41. The molecule has 0 amide bonds. The van der Waals surface area contributed by atoms with Gasteiger partial charge in [-0.15, -0.1) is 5.10 Å². The first kappa shape index (κ1) is 17.0. The van der Waals surface area contributed by atoms with Gasteiger partial charge in [0.15, 0.2) is 0 Å². The van der Waals surface area contributed by atoms with Gasteiger partial charge in [0.05, 0.1) is 6.67 Å². The van der Waals surface area contributed by atoms with Crippen molar-refractivity contribution >= 4 is 17.9 Å². The van der Waals surface area contributed by atoms with Crippen LogP contribution in [0.2, 0.25) is 0 Å². The maximum Gasteiger partial charge on any atom is 0.288 e. The summed E-state index contributed by atoms with van der Waals surface area (Å²) in [7, 11) is 0. The van der Waals surface area contributed by atoms with Gasteiger partial charge in [0.25, 0.3) is 4.84 Å². The Morgan fingerprint density at radius 2 is 1.65 bits per heavy atom. The molecule has 2 heterocycles. The highest BCUT2D eigenvalue weighted by Crippen LogP contribution is 2.19. The third kappa shape index (κ3) is 3.71. The molecule has 0 aliphatic carbocycles. The van der Waals surface area contributed by atoms with Gasteiger partial charge in [-0.2, -0.15) is 0 Å². The fourth-order valence-corrected chi connectivity index (χ4v) is 3.36. The molecule has 0 spiro atoms. The van der Waals surface area contributed by atoms with Crippen LogP contribution >= 0.6 is 12.2 Å². The fraction of sp³-hybridized carbons (Fsp3) is 0.300. The number of benzene rings is 2. The van der Waals surface area contributed by atoms with Gasteiger partial charge in [0.1, 0.15) is 0 Å². The molecule has 0 radical (unpaired) electrons. The van der Waals surface area contributed by atoms with Crippen molar-refractivity contribution in [3.63, 3.8) is 0 Å². The number of rotatable bonds is 4. The molecule has 1 aliphatic heterocycles. The highest BCUT2D eigenvalue weighted by atomic mass is 32.1. The van der Waals surface area contributed by atoms with E-state index in [0.717, 1.165) is 31.7 Å². The van der Waals surface area contributed by atoms with Crippen molar-refractivity contribution < 1.29 is 4.42 Å². The standard InChI is InChI=1S/C20H22N4OS/c1-16-7-9-17(10-8-16)19-21-24(20(26)25-19)15-22-11-13-23(14-12-22)18-5-3-2-4-6-18/h2-10H,11-15H2,1H3. The van der Waals surface area contributed by atoms with E-state index in [1.807, 2.05) is 12.1 Å². The molecule has 0 atom stereocenters. The number of aromatic nitrogens is 2. The van der Waals surface area contributed by atoms with Crippen LogP contribution in [0.25, 0.3) is 11.5 Å². The monoisotopic (exact) mass is 366 g/mol. The van der Waals surface area contributed by atoms with Crippen LogP contribution in [0.15, 0.2) is 59.0 Å². The summed E-state index contributed by atoms with van der Waals surface area (Å²) >= 11 is 5.36. The summed E-state index contributed by atoms with van der Waals surface area (Å²) in [4.78, 5) is 5.19. The topological polar surface area (TPSA) is 37.4 Å². The molecule has 5 nitrogen and oxygen atoms in total. The minimum Gasteiger partial charge on any atom is -0.409 e. The molecule has 1 aliphatic rings. The zero-order chi connectivity index (χ0) is 17.9. The van der Waals surface area contributed by atoms with Crippen molar-refractivity contribution in [2.24, 2.45) is 0 Å². The highest BCUT2D eigenvalue weighted by Gasteiger charge is 2.18. The second kappa shape index (κ2) is 7.43. The second-order valence-electron chi connectivity index (χ2n) is 6.62. The van der Waals surface area contributed by atoms with Crippen molar-refractivity contribution in [3.05, 3.63) is 65.0 Å². The first-order valence-corrected chi connectivity index (χ1v) is 9.27. The van der Waals surface area contributed by atoms with Crippen molar-refractivity contribution in [2.45, 2.75) is 13.6 Å². The van der Waals surface area contributed by atoms with Gasteiger partial charge in [-0.05, 0) is 43.4 Å². The number of para-hydroxylation sites is 1. The summed E-state index contributed by atoms with van der Waals surface area (Å²) in [6.45, 7) is 6.68. The van der Waals surface area contributed by atoms with Crippen molar-refractivity contribution in [1.82, 2.24) is 14.7 Å². The molecule has 1 aromatic heterocycles. The van der Waals surface area contributed by atoms with Crippen LogP contribution in [-0.4, -0.2) is 40.9 Å². The van der Waals surface area contributed by atoms with E-state index in [4.69, 9.17) is 16.6 Å². The first-order chi connectivity index (χ1) is 12.7. The lowest BCUT2D eigenvalue weighted by Gasteiger charge is -2.35. The number of nitrogens with zero attached hydrogens (tertiary/aromatic N) is 4.